The van der Waals surface area contributed by atoms with Crippen molar-refractivity contribution in [3.05, 3.63) is 109 Å². The van der Waals surface area contributed by atoms with Gasteiger partial charge >= 0.3 is 0 Å². The van der Waals surface area contributed by atoms with Crippen molar-refractivity contribution in [2.24, 2.45) is 5.41 Å². The van der Waals surface area contributed by atoms with E-state index in [-0.39, 0.29) is 41.6 Å². The first kappa shape index (κ1) is 31.7. The molecule has 5 rings (SSSR count). The number of nitrogens with one attached hydrogen (secondary N) is 1. The molecule has 0 amide bonds. The molecule has 0 unspecified atom stereocenters. The van der Waals surface area contributed by atoms with Crippen molar-refractivity contribution < 1.29 is 14.3 Å². The molecule has 5 aromatic rings. The molecule has 0 bridgehead atoms. The van der Waals surface area contributed by atoms with Gasteiger partial charge < -0.3 is 19.4 Å². The first-order valence-corrected chi connectivity index (χ1v) is 15.2. The van der Waals surface area contributed by atoms with E-state index in [1.54, 1.807) is 50.6 Å². The van der Waals surface area contributed by atoms with Gasteiger partial charge in [-0.05, 0) is 55.8 Å². The highest BCUT2D eigenvalue weighted by Gasteiger charge is 2.35. The number of rotatable bonds is 10. The minimum absolute atomic E-state index is 0.153. The molecule has 1 aromatic carbocycles. The van der Waals surface area contributed by atoms with Crippen molar-refractivity contribution in [3.63, 3.8) is 0 Å². The lowest BCUT2D eigenvalue weighted by atomic mass is 9.94. The van der Waals surface area contributed by atoms with Crippen LogP contribution in [0.3, 0.4) is 0 Å². The normalized spacial score (nSPS) is 11.1. The van der Waals surface area contributed by atoms with Crippen LogP contribution in [0.1, 0.15) is 40.2 Å². The summed E-state index contributed by atoms with van der Waals surface area (Å²) in [6.45, 7) is 4.25. The smallest absolute Gasteiger partial charge is 0.260 e. The quantitative estimate of drug-likeness (QED) is 0.196. The van der Waals surface area contributed by atoms with Gasteiger partial charge in [0.15, 0.2) is 11.6 Å². The minimum atomic E-state index is -0.941. The summed E-state index contributed by atoms with van der Waals surface area (Å²) in [5.74, 6) is 6.52. The zero-order chi connectivity index (χ0) is 32.0. The van der Waals surface area contributed by atoms with Crippen LogP contribution in [0.15, 0.2) is 78.0 Å². The second-order valence-electron chi connectivity index (χ2n) is 10.8. The van der Waals surface area contributed by atoms with Gasteiger partial charge in [0.2, 0.25) is 0 Å². The molecule has 0 fully saturated rings. The highest BCUT2D eigenvalue weighted by atomic mass is 35.5. The lowest BCUT2D eigenvalue weighted by Gasteiger charge is -2.22. The second-order valence-corrected chi connectivity index (χ2v) is 12.6. The fourth-order valence-electron chi connectivity index (χ4n) is 4.67. The number of aromatic nitrogens is 5. The summed E-state index contributed by atoms with van der Waals surface area (Å²) < 4.78 is 14.6. The molecule has 0 spiro atoms. The Hall–Kier alpha value is -4.76. The molecule has 0 saturated heterocycles. The van der Waals surface area contributed by atoms with Gasteiger partial charge in [0.1, 0.15) is 5.69 Å². The third kappa shape index (κ3) is 7.32. The summed E-state index contributed by atoms with van der Waals surface area (Å²) >= 11 is 7.57. The zero-order valence-electron chi connectivity index (χ0n) is 25.2. The van der Waals surface area contributed by atoms with Crippen LogP contribution in [0.2, 0.25) is 4.34 Å². The van der Waals surface area contributed by atoms with E-state index in [9.17, 15) is 9.59 Å². The van der Waals surface area contributed by atoms with Crippen molar-refractivity contribution in [3.8, 4) is 28.8 Å². The maximum Gasteiger partial charge on any atom is 0.260 e. The lowest BCUT2D eigenvalue weighted by molar-refractivity contribution is 0.0529. The number of ether oxygens (including phenoxy) is 2. The average molecular weight is 643 g/mol. The minimum Gasteiger partial charge on any atom is -0.491 e. The molecule has 45 heavy (non-hydrogen) atoms. The fourth-order valence-corrected chi connectivity index (χ4v) is 5.69. The number of hydrogen-bond donors (Lipinski definition) is 1. The van der Waals surface area contributed by atoms with Gasteiger partial charge in [0.25, 0.3) is 11.5 Å². The van der Waals surface area contributed by atoms with E-state index < -0.39 is 5.41 Å². The van der Waals surface area contributed by atoms with Crippen molar-refractivity contribution in [2.75, 3.05) is 26.1 Å². The van der Waals surface area contributed by atoms with Crippen LogP contribution < -0.4 is 15.6 Å². The highest BCUT2D eigenvalue weighted by Crippen LogP contribution is 2.37. The predicted molar refractivity (Wildman–Crippen MR) is 175 cm³/mol. The third-order valence-electron chi connectivity index (χ3n) is 6.85. The van der Waals surface area contributed by atoms with Gasteiger partial charge in [-0.15, -0.1) is 11.3 Å². The number of benzene rings is 1. The van der Waals surface area contributed by atoms with E-state index in [1.807, 2.05) is 36.4 Å². The Morgan fingerprint density at radius 2 is 1.84 bits per heavy atom. The number of nitrogens with zero attached hydrogens (tertiary/aromatic N) is 5. The summed E-state index contributed by atoms with van der Waals surface area (Å²) in [5.41, 5.74) is 1.29. The number of carbonyl (C=O) groups excluding carboxylic acids is 1. The Morgan fingerprint density at radius 1 is 1.07 bits per heavy atom. The molecule has 0 saturated carbocycles. The van der Waals surface area contributed by atoms with E-state index >= 15 is 0 Å². The molecule has 1 N–H and O–H groups in total. The number of anilines is 1. The van der Waals surface area contributed by atoms with E-state index in [1.165, 1.54) is 34.8 Å². The van der Waals surface area contributed by atoms with E-state index in [4.69, 9.17) is 26.2 Å². The van der Waals surface area contributed by atoms with Crippen molar-refractivity contribution in [1.82, 2.24) is 24.5 Å². The molecule has 10 nitrogen and oxygen atoms in total. The Morgan fingerprint density at radius 3 is 2.51 bits per heavy atom. The summed E-state index contributed by atoms with van der Waals surface area (Å²) in [6.07, 6.45) is 4.86. The highest BCUT2D eigenvalue weighted by molar-refractivity contribution is 7.16. The molecule has 0 aliphatic carbocycles. The Kier molecular flexibility index (Phi) is 9.78. The largest absolute Gasteiger partial charge is 0.491 e. The first-order valence-electron chi connectivity index (χ1n) is 14.0. The second kappa shape index (κ2) is 13.9. The number of carbonyl (C=O) groups is 1. The number of methoxy groups -OCH3 is 2. The van der Waals surface area contributed by atoms with Crippen LogP contribution >= 0.6 is 22.9 Å². The van der Waals surface area contributed by atoms with Crippen LogP contribution in [0.25, 0.3) is 11.3 Å². The molecule has 4 aromatic heterocycles. The SMILES string of the molecule is COCC(C)(C)C(=O)n1nc(-c2cc(C#Cc3ccccc3)cn(Cc3ccnnc3)c2=O)c(OC)c1NCc1ccc(Cl)s1. The monoisotopic (exact) mass is 642 g/mol. The average Bonchev–Trinajstić information content (AvgIpc) is 3.63. The first-order chi connectivity index (χ1) is 21.7. The molecule has 0 atom stereocenters. The maximum atomic E-state index is 14.1. The van der Waals surface area contributed by atoms with E-state index in [0.29, 0.717) is 22.3 Å². The van der Waals surface area contributed by atoms with Crippen LogP contribution in [0, 0.1) is 17.3 Å². The van der Waals surface area contributed by atoms with Gasteiger partial charge in [-0.2, -0.15) is 20.0 Å². The topological polar surface area (TPSA) is 113 Å². The van der Waals surface area contributed by atoms with E-state index in [0.717, 1.165) is 16.0 Å². The molecule has 0 aliphatic heterocycles. The van der Waals surface area contributed by atoms with Gasteiger partial charge in [0, 0.05) is 35.5 Å². The van der Waals surface area contributed by atoms with E-state index in [2.05, 4.69) is 27.4 Å². The number of hydrogen-bond acceptors (Lipinski definition) is 9. The molecular formula is C33H31ClN6O4S. The van der Waals surface area contributed by atoms with Crippen LogP contribution in [-0.2, 0) is 17.8 Å². The zero-order valence-corrected chi connectivity index (χ0v) is 26.8. The van der Waals surface area contributed by atoms with Crippen LogP contribution in [0.5, 0.6) is 5.75 Å². The van der Waals surface area contributed by atoms with Gasteiger partial charge in [-0.3, -0.25) is 9.59 Å². The molecule has 4 heterocycles. The Labute approximate surface area is 269 Å². The predicted octanol–water partition coefficient (Wildman–Crippen LogP) is 5.60. The number of halogens is 1. The van der Waals surface area contributed by atoms with Gasteiger partial charge in [-0.1, -0.05) is 41.6 Å². The molecular weight excluding hydrogens is 612 g/mol. The number of thiophene rings is 1. The maximum absolute atomic E-state index is 14.1. The van der Waals surface area contributed by atoms with Gasteiger partial charge in [-0.25, -0.2) is 0 Å². The van der Waals surface area contributed by atoms with Crippen molar-refractivity contribution in [1.29, 1.82) is 0 Å². The van der Waals surface area contributed by atoms with Crippen molar-refractivity contribution >= 4 is 34.7 Å². The fraction of sp³-hybridized carbons (Fsp3) is 0.242. The molecule has 0 aliphatic rings. The lowest BCUT2D eigenvalue weighted by Crippen LogP contribution is -2.35. The Bertz CT molecular complexity index is 1920. The Balaban J connectivity index is 1.68. The van der Waals surface area contributed by atoms with Crippen LogP contribution in [-0.4, -0.2) is 51.3 Å². The third-order valence-corrected chi connectivity index (χ3v) is 8.08. The molecule has 230 valence electrons. The summed E-state index contributed by atoms with van der Waals surface area (Å²) in [5, 5.41) is 15.8. The van der Waals surface area contributed by atoms with Crippen LogP contribution in [0.4, 0.5) is 5.82 Å². The number of pyridine rings is 1. The molecule has 0 radical (unpaired) electrons. The van der Waals surface area contributed by atoms with Crippen molar-refractivity contribution in [2.45, 2.75) is 26.9 Å². The summed E-state index contributed by atoms with van der Waals surface area (Å²) in [4.78, 5) is 28.9. The summed E-state index contributed by atoms with van der Waals surface area (Å²) in [6, 6.07) is 16.7. The van der Waals surface area contributed by atoms with Gasteiger partial charge in [0.05, 0.1) is 48.3 Å². The summed E-state index contributed by atoms with van der Waals surface area (Å²) in [7, 11) is 3.01. The standard InChI is InChI=1S/C33H31ClN6O4S/c1-33(2,21-43-3)32(42)40-30(35-18-25-12-13-27(34)45-25)29(44-4)28(38-40)26-16-23(11-10-22-8-6-5-7-9-22)19-39(31(26)41)20-24-14-15-36-37-17-24/h5-9,12-17,19,35H,18,20-21H2,1-4H3. The molecule has 12 heteroatoms.